The van der Waals surface area contributed by atoms with Gasteiger partial charge in [-0.05, 0) is 26.3 Å². The average Bonchev–Trinajstić information content (AvgIpc) is 3.08. The molecule has 0 aromatic carbocycles. The maximum absolute atomic E-state index is 12.2. The number of hydrogen-bond donors (Lipinski definition) is 1. The first-order valence-corrected chi connectivity index (χ1v) is 7.29. The molecule has 6 heteroatoms. The van der Waals surface area contributed by atoms with E-state index in [0.717, 1.165) is 32.7 Å². The summed E-state index contributed by atoms with van der Waals surface area (Å²) < 4.78 is 7.19. The van der Waals surface area contributed by atoms with Gasteiger partial charge < -0.3 is 15.0 Å². The second kappa shape index (κ2) is 7.28. The van der Waals surface area contributed by atoms with Crippen molar-refractivity contribution in [3.05, 3.63) is 18.5 Å². The first kappa shape index (κ1) is 14.8. The van der Waals surface area contributed by atoms with Crippen molar-refractivity contribution in [1.29, 1.82) is 0 Å². The molecular weight excluding hydrogens is 256 g/mol. The predicted octanol–water partition coefficient (Wildman–Crippen LogP) is 1.34. The lowest BCUT2D eigenvalue weighted by Crippen LogP contribution is -2.46. The van der Waals surface area contributed by atoms with E-state index in [4.69, 9.17) is 4.74 Å². The first-order chi connectivity index (χ1) is 9.69. The summed E-state index contributed by atoms with van der Waals surface area (Å²) in [4.78, 5) is 14.1. The molecule has 1 aromatic heterocycles. The number of rotatable bonds is 6. The molecule has 2 unspecified atom stereocenters. The number of nitrogens with one attached hydrogen (secondary N) is 1. The van der Waals surface area contributed by atoms with E-state index >= 15 is 0 Å². The molecule has 1 aliphatic rings. The van der Waals surface area contributed by atoms with Crippen LogP contribution in [-0.2, 0) is 11.3 Å². The second-order valence-electron chi connectivity index (χ2n) is 5.35. The summed E-state index contributed by atoms with van der Waals surface area (Å²) in [5, 5.41) is 7.18. The summed E-state index contributed by atoms with van der Waals surface area (Å²) in [6.07, 6.45) is 4.69. The minimum absolute atomic E-state index is 0.000874. The van der Waals surface area contributed by atoms with E-state index in [1.165, 1.54) is 0 Å². The number of urea groups is 1. The van der Waals surface area contributed by atoms with E-state index < -0.39 is 0 Å². The highest BCUT2D eigenvalue weighted by Gasteiger charge is 2.22. The van der Waals surface area contributed by atoms with E-state index in [2.05, 4.69) is 10.4 Å². The summed E-state index contributed by atoms with van der Waals surface area (Å²) in [6, 6.07) is 1.93. The quantitative estimate of drug-likeness (QED) is 0.855. The highest BCUT2D eigenvalue weighted by Crippen LogP contribution is 2.13. The average molecular weight is 280 g/mol. The van der Waals surface area contributed by atoms with Crippen molar-refractivity contribution in [2.75, 3.05) is 26.3 Å². The third-order valence-electron chi connectivity index (χ3n) is 3.56. The minimum Gasteiger partial charge on any atom is -0.381 e. The van der Waals surface area contributed by atoms with E-state index in [1.807, 2.05) is 35.7 Å². The number of nitrogens with zero attached hydrogens (tertiary/aromatic N) is 3. The van der Waals surface area contributed by atoms with Crippen LogP contribution in [0.5, 0.6) is 0 Å². The molecular formula is C14H24N4O2. The number of ether oxygens (including phenoxy) is 1. The maximum Gasteiger partial charge on any atom is 0.317 e. The molecule has 112 valence electrons. The van der Waals surface area contributed by atoms with Crippen LogP contribution < -0.4 is 5.32 Å². The normalized spacial score (nSPS) is 19.8. The van der Waals surface area contributed by atoms with E-state index in [-0.39, 0.29) is 12.1 Å². The van der Waals surface area contributed by atoms with Gasteiger partial charge in [-0.15, -0.1) is 0 Å². The van der Waals surface area contributed by atoms with Crippen LogP contribution in [0.4, 0.5) is 4.79 Å². The van der Waals surface area contributed by atoms with Crippen molar-refractivity contribution in [2.45, 2.75) is 32.9 Å². The van der Waals surface area contributed by atoms with Crippen molar-refractivity contribution in [1.82, 2.24) is 20.0 Å². The summed E-state index contributed by atoms with van der Waals surface area (Å²) in [5.74, 6) is 0.474. The number of aromatic nitrogens is 2. The SMILES string of the molecule is CCN(CC1CCOC1)C(=O)NC(C)Cn1cccn1. The highest BCUT2D eigenvalue weighted by atomic mass is 16.5. The Labute approximate surface area is 120 Å². The Bertz CT molecular complexity index is 401. The fourth-order valence-corrected chi connectivity index (χ4v) is 2.43. The van der Waals surface area contributed by atoms with Crippen molar-refractivity contribution in [3.63, 3.8) is 0 Å². The van der Waals surface area contributed by atoms with Gasteiger partial charge in [0.2, 0.25) is 0 Å². The Kier molecular flexibility index (Phi) is 5.40. The van der Waals surface area contributed by atoms with Crippen LogP contribution >= 0.6 is 0 Å². The lowest BCUT2D eigenvalue weighted by molar-refractivity contribution is 0.164. The molecule has 2 atom stereocenters. The van der Waals surface area contributed by atoms with Gasteiger partial charge in [0, 0.05) is 44.0 Å². The Morgan fingerprint density at radius 3 is 3.10 bits per heavy atom. The fraction of sp³-hybridized carbons (Fsp3) is 0.714. The first-order valence-electron chi connectivity index (χ1n) is 7.29. The van der Waals surface area contributed by atoms with Crippen LogP contribution in [0.15, 0.2) is 18.5 Å². The zero-order valence-corrected chi connectivity index (χ0v) is 12.3. The van der Waals surface area contributed by atoms with Crippen LogP contribution in [-0.4, -0.2) is 53.1 Å². The predicted molar refractivity (Wildman–Crippen MR) is 76.4 cm³/mol. The monoisotopic (exact) mass is 280 g/mol. The summed E-state index contributed by atoms with van der Waals surface area (Å²) >= 11 is 0. The van der Waals surface area contributed by atoms with E-state index in [1.54, 1.807) is 6.20 Å². The van der Waals surface area contributed by atoms with Crippen LogP contribution in [0.3, 0.4) is 0 Å². The number of amides is 2. The molecule has 0 radical (unpaired) electrons. The van der Waals surface area contributed by atoms with Gasteiger partial charge in [0.05, 0.1) is 13.2 Å². The van der Waals surface area contributed by atoms with Gasteiger partial charge in [0.25, 0.3) is 0 Å². The molecule has 1 aliphatic heterocycles. The Morgan fingerprint density at radius 1 is 1.65 bits per heavy atom. The molecule has 0 aliphatic carbocycles. The lowest BCUT2D eigenvalue weighted by atomic mass is 10.1. The smallest absolute Gasteiger partial charge is 0.317 e. The Hall–Kier alpha value is -1.56. The zero-order chi connectivity index (χ0) is 14.4. The Balaban J connectivity index is 1.78. The standard InChI is InChI=1S/C14H24N4O2/c1-3-17(10-13-5-8-20-11-13)14(19)16-12(2)9-18-7-4-6-15-18/h4,6-7,12-13H,3,5,8-11H2,1-2H3,(H,16,19). The molecule has 2 rings (SSSR count). The summed E-state index contributed by atoms with van der Waals surface area (Å²) in [7, 11) is 0. The van der Waals surface area contributed by atoms with Crippen LogP contribution in [0, 0.1) is 5.92 Å². The molecule has 0 bridgehead atoms. The van der Waals surface area contributed by atoms with Gasteiger partial charge >= 0.3 is 6.03 Å². The third kappa shape index (κ3) is 4.23. The van der Waals surface area contributed by atoms with Gasteiger partial charge in [0.1, 0.15) is 0 Å². The molecule has 1 fully saturated rings. The summed E-state index contributed by atoms with van der Waals surface area (Å²) in [6.45, 7) is 7.77. The van der Waals surface area contributed by atoms with Gasteiger partial charge in [-0.1, -0.05) is 0 Å². The minimum atomic E-state index is -0.000874. The molecule has 1 saturated heterocycles. The van der Waals surface area contributed by atoms with Crippen molar-refractivity contribution >= 4 is 6.03 Å². The van der Waals surface area contributed by atoms with Crippen LogP contribution in [0.25, 0.3) is 0 Å². The molecule has 6 nitrogen and oxygen atoms in total. The van der Waals surface area contributed by atoms with Crippen LogP contribution in [0.2, 0.25) is 0 Å². The fourth-order valence-electron chi connectivity index (χ4n) is 2.43. The van der Waals surface area contributed by atoms with Gasteiger partial charge in [-0.25, -0.2) is 4.79 Å². The van der Waals surface area contributed by atoms with Crippen molar-refractivity contribution < 1.29 is 9.53 Å². The number of carbonyl (C=O) groups excluding carboxylic acids is 1. The largest absolute Gasteiger partial charge is 0.381 e. The molecule has 2 amide bonds. The lowest BCUT2D eigenvalue weighted by Gasteiger charge is -2.26. The maximum atomic E-state index is 12.2. The molecule has 20 heavy (non-hydrogen) atoms. The topological polar surface area (TPSA) is 59.4 Å². The number of carbonyl (C=O) groups is 1. The third-order valence-corrected chi connectivity index (χ3v) is 3.56. The number of hydrogen-bond acceptors (Lipinski definition) is 3. The molecule has 2 heterocycles. The molecule has 1 aromatic rings. The summed E-state index contributed by atoms with van der Waals surface area (Å²) in [5.41, 5.74) is 0. The van der Waals surface area contributed by atoms with Gasteiger partial charge in [-0.2, -0.15) is 5.10 Å². The highest BCUT2D eigenvalue weighted by molar-refractivity contribution is 5.74. The van der Waals surface area contributed by atoms with Crippen molar-refractivity contribution in [2.24, 2.45) is 5.92 Å². The van der Waals surface area contributed by atoms with E-state index in [0.29, 0.717) is 12.5 Å². The molecule has 0 spiro atoms. The molecule has 0 saturated carbocycles. The van der Waals surface area contributed by atoms with Gasteiger partial charge in [0.15, 0.2) is 0 Å². The van der Waals surface area contributed by atoms with Crippen molar-refractivity contribution in [3.8, 4) is 0 Å². The second-order valence-corrected chi connectivity index (χ2v) is 5.35. The zero-order valence-electron chi connectivity index (χ0n) is 12.3. The van der Waals surface area contributed by atoms with Crippen LogP contribution in [0.1, 0.15) is 20.3 Å². The van der Waals surface area contributed by atoms with Gasteiger partial charge in [-0.3, -0.25) is 4.68 Å². The molecule has 1 N–H and O–H groups in total. The Morgan fingerprint density at radius 2 is 2.50 bits per heavy atom. The van der Waals surface area contributed by atoms with E-state index in [9.17, 15) is 4.79 Å².